The Hall–Kier alpha value is -4.09. The first kappa shape index (κ1) is 27.9. The highest BCUT2D eigenvalue weighted by Gasteiger charge is 2.44. The Balaban J connectivity index is 1.44. The van der Waals surface area contributed by atoms with Crippen molar-refractivity contribution in [3.8, 4) is 11.5 Å². The third-order valence-electron chi connectivity index (χ3n) is 5.85. The molecule has 0 bridgehead atoms. The van der Waals surface area contributed by atoms with Crippen LogP contribution < -0.4 is 20.3 Å². The van der Waals surface area contributed by atoms with Gasteiger partial charge in [0.25, 0.3) is 5.91 Å². The number of alkyl halides is 3. The van der Waals surface area contributed by atoms with E-state index in [2.05, 4.69) is 15.6 Å². The molecule has 0 aromatic heterocycles. The molecule has 0 saturated heterocycles. The van der Waals surface area contributed by atoms with Crippen molar-refractivity contribution in [2.75, 3.05) is 19.8 Å². The van der Waals surface area contributed by atoms with E-state index in [1.165, 1.54) is 24.3 Å². The summed E-state index contributed by atoms with van der Waals surface area (Å²) in [7, 11) is 0. The first-order valence-electron chi connectivity index (χ1n) is 12.2. The lowest BCUT2D eigenvalue weighted by Crippen LogP contribution is -2.52. The van der Waals surface area contributed by atoms with E-state index in [4.69, 9.17) is 19.6 Å². The summed E-state index contributed by atoms with van der Waals surface area (Å²) in [5.74, 6) is 0.221. The number of hydrogen-bond acceptors (Lipinski definition) is 7. The number of carbonyl (C=O) groups excluding carboxylic acids is 1. The van der Waals surface area contributed by atoms with Gasteiger partial charge in [-0.1, -0.05) is 42.5 Å². The molecular weight excluding hydrogens is 515 g/mol. The SMILES string of the molecule is O=C(NNCc1ccc(OC(F)(F)F)cc1)[C@]1(Cc2ccccc2)COC(c2ccc(OCCCO)cc2)=N1. The fourth-order valence-corrected chi connectivity index (χ4v) is 3.92. The van der Waals surface area contributed by atoms with Gasteiger partial charge in [0.2, 0.25) is 5.90 Å². The van der Waals surface area contributed by atoms with Gasteiger partial charge in [-0.3, -0.25) is 10.2 Å². The number of halogens is 3. The first-order chi connectivity index (χ1) is 18.8. The van der Waals surface area contributed by atoms with Gasteiger partial charge in [0.15, 0.2) is 5.54 Å². The Morgan fingerprint density at radius 3 is 2.33 bits per heavy atom. The third-order valence-corrected chi connectivity index (χ3v) is 5.85. The van der Waals surface area contributed by atoms with Gasteiger partial charge in [-0.15, -0.1) is 13.2 Å². The van der Waals surface area contributed by atoms with Crippen LogP contribution in [-0.4, -0.2) is 48.6 Å². The lowest BCUT2D eigenvalue weighted by molar-refractivity contribution is -0.274. The normalized spacial score (nSPS) is 16.8. The van der Waals surface area contributed by atoms with Crippen molar-refractivity contribution >= 4 is 11.8 Å². The average molecular weight is 544 g/mol. The molecule has 1 amide bonds. The van der Waals surface area contributed by atoms with Crippen LogP contribution in [0, 0.1) is 0 Å². The number of aliphatic imine (C=N–C) groups is 1. The van der Waals surface area contributed by atoms with E-state index in [0.717, 1.165) is 5.56 Å². The minimum absolute atomic E-state index is 0.0168. The summed E-state index contributed by atoms with van der Waals surface area (Å²) < 4.78 is 52.4. The highest BCUT2D eigenvalue weighted by molar-refractivity contribution is 6.00. The molecule has 3 aromatic carbocycles. The van der Waals surface area contributed by atoms with Crippen LogP contribution in [0.3, 0.4) is 0 Å². The van der Waals surface area contributed by atoms with Gasteiger partial charge < -0.3 is 19.3 Å². The molecule has 0 fully saturated rings. The van der Waals surface area contributed by atoms with E-state index in [1.807, 2.05) is 30.3 Å². The zero-order chi connectivity index (χ0) is 27.7. The zero-order valence-corrected chi connectivity index (χ0v) is 20.9. The molecule has 0 aliphatic carbocycles. The van der Waals surface area contributed by atoms with E-state index in [1.54, 1.807) is 24.3 Å². The average Bonchev–Trinajstić information content (AvgIpc) is 3.35. The topological polar surface area (TPSA) is 101 Å². The van der Waals surface area contributed by atoms with Crippen LogP contribution in [0.5, 0.6) is 11.5 Å². The molecule has 206 valence electrons. The number of ether oxygens (including phenoxy) is 3. The van der Waals surface area contributed by atoms with E-state index >= 15 is 0 Å². The minimum Gasteiger partial charge on any atom is -0.494 e. The fraction of sp³-hybridized carbons (Fsp3) is 0.286. The Morgan fingerprint density at radius 2 is 1.67 bits per heavy atom. The van der Waals surface area contributed by atoms with Gasteiger partial charge in [0, 0.05) is 31.6 Å². The molecule has 1 atom stereocenters. The molecule has 1 heterocycles. The fourth-order valence-electron chi connectivity index (χ4n) is 3.92. The van der Waals surface area contributed by atoms with Crippen molar-refractivity contribution < 1.29 is 37.3 Å². The maximum Gasteiger partial charge on any atom is 0.573 e. The lowest BCUT2D eigenvalue weighted by atomic mass is 9.91. The number of benzene rings is 3. The maximum atomic E-state index is 13.4. The number of nitrogens with zero attached hydrogens (tertiary/aromatic N) is 1. The number of nitrogens with one attached hydrogen (secondary N) is 2. The van der Waals surface area contributed by atoms with Crippen LogP contribution in [0.15, 0.2) is 83.9 Å². The van der Waals surface area contributed by atoms with Crippen LogP contribution in [-0.2, 0) is 22.5 Å². The van der Waals surface area contributed by atoms with Crippen molar-refractivity contribution in [1.82, 2.24) is 10.9 Å². The van der Waals surface area contributed by atoms with Gasteiger partial charge in [-0.25, -0.2) is 10.4 Å². The second-order valence-electron chi connectivity index (χ2n) is 8.85. The quantitative estimate of drug-likeness (QED) is 0.237. The molecule has 8 nitrogen and oxygen atoms in total. The monoisotopic (exact) mass is 543 g/mol. The van der Waals surface area contributed by atoms with Gasteiger partial charge in [0.05, 0.1) is 6.61 Å². The van der Waals surface area contributed by atoms with Crippen LogP contribution in [0.4, 0.5) is 13.2 Å². The van der Waals surface area contributed by atoms with E-state index in [0.29, 0.717) is 35.8 Å². The highest BCUT2D eigenvalue weighted by atomic mass is 19.4. The predicted octanol–water partition coefficient (Wildman–Crippen LogP) is 3.93. The van der Waals surface area contributed by atoms with E-state index in [9.17, 15) is 18.0 Å². The summed E-state index contributed by atoms with van der Waals surface area (Å²) in [5.41, 5.74) is 6.46. The number of hydrazine groups is 1. The predicted molar refractivity (Wildman–Crippen MR) is 137 cm³/mol. The molecule has 3 N–H and O–H groups in total. The second-order valence-corrected chi connectivity index (χ2v) is 8.85. The van der Waals surface area contributed by atoms with Crippen LogP contribution in [0.25, 0.3) is 0 Å². The molecule has 39 heavy (non-hydrogen) atoms. The number of aliphatic hydroxyl groups excluding tert-OH is 1. The van der Waals surface area contributed by atoms with Crippen molar-refractivity contribution in [2.45, 2.75) is 31.3 Å². The number of hydrogen-bond donors (Lipinski definition) is 3. The van der Waals surface area contributed by atoms with Crippen LogP contribution in [0.2, 0.25) is 0 Å². The third kappa shape index (κ3) is 7.95. The molecule has 11 heteroatoms. The van der Waals surface area contributed by atoms with Crippen molar-refractivity contribution in [2.24, 2.45) is 4.99 Å². The number of amides is 1. The van der Waals surface area contributed by atoms with Crippen LogP contribution in [0.1, 0.15) is 23.1 Å². The summed E-state index contributed by atoms with van der Waals surface area (Å²) in [5, 5.41) is 8.90. The Labute approximate surface area is 223 Å². The smallest absolute Gasteiger partial charge is 0.494 e. The van der Waals surface area contributed by atoms with Crippen molar-refractivity contribution in [3.63, 3.8) is 0 Å². The largest absolute Gasteiger partial charge is 0.573 e. The Bertz CT molecular complexity index is 1250. The molecule has 0 saturated carbocycles. The number of rotatable bonds is 12. The highest BCUT2D eigenvalue weighted by Crippen LogP contribution is 2.28. The van der Waals surface area contributed by atoms with Gasteiger partial charge >= 0.3 is 6.36 Å². The van der Waals surface area contributed by atoms with E-state index in [-0.39, 0.29) is 31.9 Å². The lowest BCUT2D eigenvalue weighted by Gasteiger charge is -2.23. The summed E-state index contributed by atoms with van der Waals surface area (Å²) in [6, 6.07) is 21.9. The second kappa shape index (κ2) is 12.6. The number of aliphatic hydroxyl groups is 1. The van der Waals surface area contributed by atoms with E-state index < -0.39 is 17.8 Å². The Kier molecular flexibility index (Phi) is 9.05. The van der Waals surface area contributed by atoms with Crippen LogP contribution >= 0.6 is 0 Å². The first-order valence-corrected chi connectivity index (χ1v) is 12.2. The summed E-state index contributed by atoms with van der Waals surface area (Å²) in [4.78, 5) is 18.1. The van der Waals surface area contributed by atoms with Crippen molar-refractivity contribution in [1.29, 1.82) is 0 Å². The van der Waals surface area contributed by atoms with Gasteiger partial charge in [-0.2, -0.15) is 0 Å². The molecule has 1 aliphatic rings. The Morgan fingerprint density at radius 1 is 0.974 bits per heavy atom. The summed E-state index contributed by atoms with van der Waals surface area (Å²) >= 11 is 0. The summed E-state index contributed by atoms with van der Waals surface area (Å²) in [6.07, 6.45) is -3.95. The molecule has 4 rings (SSSR count). The molecule has 0 spiro atoms. The van der Waals surface area contributed by atoms with Gasteiger partial charge in [-0.05, 0) is 47.5 Å². The molecule has 0 unspecified atom stereocenters. The van der Waals surface area contributed by atoms with Crippen molar-refractivity contribution in [3.05, 3.63) is 95.6 Å². The zero-order valence-electron chi connectivity index (χ0n) is 20.9. The summed E-state index contributed by atoms with van der Waals surface area (Å²) in [6.45, 7) is 0.621. The number of carbonyl (C=O) groups is 1. The molecule has 1 aliphatic heterocycles. The van der Waals surface area contributed by atoms with Gasteiger partial charge in [0.1, 0.15) is 18.1 Å². The standard InChI is InChI=1S/C28H28F3N3O5/c29-28(30,31)39-24-11-7-21(8-12-24)18-32-34-26(36)27(17-20-5-2-1-3-6-20)19-38-25(33-27)22-9-13-23(14-10-22)37-16-4-15-35/h1-3,5-14,32,35H,4,15-19H2,(H,34,36)/t27-/m0/s1. The molecule has 3 aromatic rings. The minimum atomic E-state index is -4.76. The molecule has 0 radical (unpaired) electrons. The molecular formula is C28H28F3N3O5. The maximum absolute atomic E-state index is 13.4.